The number of carboxylic acid groups (broad SMARTS) is 1. The molecule has 0 bridgehead atoms. The summed E-state index contributed by atoms with van der Waals surface area (Å²) in [5.74, 6) is -0.397. The van der Waals surface area contributed by atoms with E-state index in [0.29, 0.717) is 17.7 Å². The summed E-state index contributed by atoms with van der Waals surface area (Å²) in [5.41, 5.74) is 2.58. The van der Waals surface area contributed by atoms with Gasteiger partial charge in [-0.3, -0.25) is 4.79 Å². The van der Waals surface area contributed by atoms with E-state index < -0.39 is 5.97 Å². The van der Waals surface area contributed by atoms with E-state index in [1.165, 1.54) is 0 Å². The minimum atomic E-state index is -0.979. The Morgan fingerprint density at radius 1 is 1.29 bits per heavy atom. The lowest BCUT2D eigenvalue weighted by molar-refractivity contribution is -0.121. The summed E-state index contributed by atoms with van der Waals surface area (Å²) < 4.78 is 5.16. The Balaban J connectivity index is 2.02. The summed E-state index contributed by atoms with van der Waals surface area (Å²) in [7, 11) is 0. The van der Waals surface area contributed by atoms with Crippen molar-refractivity contribution in [3.8, 4) is 0 Å². The highest BCUT2D eigenvalue weighted by molar-refractivity contribution is 5.89. The molecule has 1 amide bonds. The van der Waals surface area contributed by atoms with Gasteiger partial charge in [0.1, 0.15) is 5.76 Å². The maximum absolute atomic E-state index is 12.3. The van der Waals surface area contributed by atoms with Crippen molar-refractivity contribution in [1.29, 1.82) is 0 Å². The standard InChI is InChI=1S/C18H22N2O4/c1-4-15(17-11(2)20-24-12(17)3)19-16(21)10-9-13-7-5-6-8-14(13)18(22)23/h5-8,15H,4,9-10H2,1-3H3,(H,19,21)(H,22,23). The summed E-state index contributed by atoms with van der Waals surface area (Å²) in [6, 6.07) is 6.59. The van der Waals surface area contributed by atoms with Crippen LogP contribution in [-0.2, 0) is 11.2 Å². The molecule has 0 aliphatic carbocycles. The van der Waals surface area contributed by atoms with Crippen molar-refractivity contribution in [3.63, 3.8) is 0 Å². The van der Waals surface area contributed by atoms with Crippen LogP contribution in [0.2, 0.25) is 0 Å². The molecule has 0 aliphatic heterocycles. The molecule has 6 heteroatoms. The van der Waals surface area contributed by atoms with Crippen LogP contribution >= 0.6 is 0 Å². The summed E-state index contributed by atoms with van der Waals surface area (Å²) in [6.07, 6.45) is 1.33. The molecule has 0 spiro atoms. The molecule has 1 aromatic carbocycles. The fourth-order valence-corrected chi connectivity index (χ4v) is 2.83. The molecule has 0 saturated carbocycles. The van der Waals surface area contributed by atoms with Crippen LogP contribution in [0, 0.1) is 13.8 Å². The molecule has 1 aromatic heterocycles. The number of carbonyl (C=O) groups is 2. The normalized spacial score (nSPS) is 12.0. The Kier molecular flexibility index (Phi) is 5.73. The fourth-order valence-electron chi connectivity index (χ4n) is 2.83. The fraction of sp³-hybridized carbons (Fsp3) is 0.389. The Bertz CT molecular complexity index is 717. The molecular weight excluding hydrogens is 308 g/mol. The number of nitrogens with zero attached hydrogens (tertiary/aromatic N) is 1. The second kappa shape index (κ2) is 7.77. The molecule has 0 radical (unpaired) electrons. The topological polar surface area (TPSA) is 92.4 Å². The van der Waals surface area contributed by atoms with Crippen LogP contribution in [0.15, 0.2) is 28.8 Å². The Labute approximate surface area is 140 Å². The van der Waals surface area contributed by atoms with E-state index in [1.54, 1.807) is 24.3 Å². The van der Waals surface area contributed by atoms with Crippen LogP contribution in [0.1, 0.15) is 58.7 Å². The lowest BCUT2D eigenvalue weighted by atomic mass is 10.0. The third kappa shape index (κ3) is 4.01. The van der Waals surface area contributed by atoms with Gasteiger partial charge < -0.3 is 14.9 Å². The summed E-state index contributed by atoms with van der Waals surface area (Å²) in [6.45, 7) is 5.66. The lowest BCUT2D eigenvalue weighted by Crippen LogP contribution is -2.29. The van der Waals surface area contributed by atoms with Crippen LogP contribution in [0.4, 0.5) is 0 Å². The maximum atomic E-state index is 12.3. The predicted molar refractivity (Wildman–Crippen MR) is 88.9 cm³/mol. The van der Waals surface area contributed by atoms with E-state index >= 15 is 0 Å². The number of amides is 1. The number of carboxylic acids is 1. The number of aromatic nitrogens is 1. The molecule has 24 heavy (non-hydrogen) atoms. The van der Waals surface area contributed by atoms with Gasteiger partial charge in [0.25, 0.3) is 0 Å². The Morgan fingerprint density at radius 3 is 2.58 bits per heavy atom. The van der Waals surface area contributed by atoms with Crippen molar-refractivity contribution < 1.29 is 19.2 Å². The third-order valence-corrected chi connectivity index (χ3v) is 4.05. The van der Waals surface area contributed by atoms with Gasteiger partial charge >= 0.3 is 5.97 Å². The largest absolute Gasteiger partial charge is 0.478 e. The van der Waals surface area contributed by atoms with Crippen LogP contribution in [0.5, 0.6) is 0 Å². The van der Waals surface area contributed by atoms with Crippen molar-refractivity contribution in [1.82, 2.24) is 10.5 Å². The average molecular weight is 330 g/mol. The molecule has 0 aliphatic rings. The molecule has 6 nitrogen and oxygen atoms in total. The number of hydrogen-bond donors (Lipinski definition) is 2. The van der Waals surface area contributed by atoms with Crippen LogP contribution < -0.4 is 5.32 Å². The van der Waals surface area contributed by atoms with Gasteiger partial charge in [-0.1, -0.05) is 30.3 Å². The van der Waals surface area contributed by atoms with E-state index in [-0.39, 0.29) is 23.9 Å². The van der Waals surface area contributed by atoms with Gasteiger partial charge in [-0.05, 0) is 38.3 Å². The zero-order valence-electron chi connectivity index (χ0n) is 14.1. The smallest absolute Gasteiger partial charge is 0.335 e. The zero-order valence-corrected chi connectivity index (χ0v) is 14.1. The molecule has 1 heterocycles. The van der Waals surface area contributed by atoms with Gasteiger partial charge in [-0.2, -0.15) is 0 Å². The molecular formula is C18H22N2O4. The number of hydrogen-bond acceptors (Lipinski definition) is 4. The van der Waals surface area contributed by atoms with Gasteiger partial charge in [0.2, 0.25) is 5.91 Å². The maximum Gasteiger partial charge on any atom is 0.335 e. The molecule has 0 fully saturated rings. The summed E-state index contributed by atoms with van der Waals surface area (Å²) in [4.78, 5) is 23.5. The first-order chi connectivity index (χ1) is 11.4. The monoisotopic (exact) mass is 330 g/mol. The molecule has 1 atom stereocenters. The van der Waals surface area contributed by atoms with Crippen molar-refractivity contribution in [3.05, 3.63) is 52.4 Å². The highest BCUT2D eigenvalue weighted by Gasteiger charge is 2.21. The van der Waals surface area contributed by atoms with Gasteiger partial charge in [-0.25, -0.2) is 4.79 Å². The minimum Gasteiger partial charge on any atom is -0.478 e. The Morgan fingerprint density at radius 2 is 2.00 bits per heavy atom. The number of aryl methyl sites for hydroxylation is 3. The van der Waals surface area contributed by atoms with Crippen LogP contribution in [0.25, 0.3) is 0 Å². The first-order valence-electron chi connectivity index (χ1n) is 7.97. The minimum absolute atomic E-state index is 0.123. The number of rotatable bonds is 7. The first kappa shape index (κ1) is 17.7. The van der Waals surface area contributed by atoms with E-state index in [1.807, 2.05) is 20.8 Å². The quantitative estimate of drug-likeness (QED) is 0.813. The number of aromatic carboxylic acids is 1. The van der Waals surface area contributed by atoms with Crippen molar-refractivity contribution >= 4 is 11.9 Å². The molecule has 1 unspecified atom stereocenters. The van der Waals surface area contributed by atoms with Crippen molar-refractivity contribution in [2.24, 2.45) is 0 Å². The number of nitrogens with one attached hydrogen (secondary N) is 1. The van der Waals surface area contributed by atoms with Crippen molar-refractivity contribution in [2.45, 2.75) is 46.1 Å². The van der Waals surface area contributed by atoms with E-state index in [2.05, 4.69) is 10.5 Å². The average Bonchev–Trinajstić information content (AvgIpc) is 2.89. The van der Waals surface area contributed by atoms with E-state index in [0.717, 1.165) is 17.7 Å². The third-order valence-electron chi connectivity index (χ3n) is 4.05. The number of carbonyl (C=O) groups excluding carboxylic acids is 1. The van der Waals surface area contributed by atoms with Crippen LogP contribution in [0.3, 0.4) is 0 Å². The van der Waals surface area contributed by atoms with Gasteiger partial charge in [0.15, 0.2) is 0 Å². The first-order valence-corrected chi connectivity index (χ1v) is 7.97. The highest BCUT2D eigenvalue weighted by Crippen LogP contribution is 2.24. The van der Waals surface area contributed by atoms with Gasteiger partial charge in [-0.15, -0.1) is 0 Å². The highest BCUT2D eigenvalue weighted by atomic mass is 16.5. The van der Waals surface area contributed by atoms with E-state index in [9.17, 15) is 14.7 Å². The van der Waals surface area contributed by atoms with E-state index in [4.69, 9.17) is 4.52 Å². The van der Waals surface area contributed by atoms with Crippen molar-refractivity contribution in [2.75, 3.05) is 0 Å². The number of benzene rings is 1. The second-order valence-electron chi connectivity index (χ2n) is 5.73. The SMILES string of the molecule is CCC(NC(=O)CCc1ccccc1C(=O)O)c1c(C)noc1C. The molecule has 2 rings (SSSR count). The lowest BCUT2D eigenvalue weighted by Gasteiger charge is -2.17. The summed E-state index contributed by atoms with van der Waals surface area (Å²) >= 11 is 0. The Hall–Kier alpha value is -2.63. The zero-order chi connectivity index (χ0) is 17.7. The van der Waals surface area contributed by atoms with Gasteiger partial charge in [0.05, 0.1) is 17.3 Å². The molecule has 2 aromatic rings. The summed E-state index contributed by atoms with van der Waals surface area (Å²) in [5, 5.41) is 16.1. The second-order valence-corrected chi connectivity index (χ2v) is 5.73. The molecule has 2 N–H and O–H groups in total. The predicted octanol–water partition coefficient (Wildman–Crippen LogP) is 3.19. The van der Waals surface area contributed by atoms with Gasteiger partial charge in [0, 0.05) is 12.0 Å². The van der Waals surface area contributed by atoms with Crippen LogP contribution in [-0.4, -0.2) is 22.1 Å². The molecule has 0 saturated heterocycles. The molecule has 128 valence electrons.